The molecule has 1 unspecified atom stereocenters. The quantitative estimate of drug-likeness (QED) is 0.821. The van der Waals surface area contributed by atoms with Crippen molar-refractivity contribution in [2.45, 2.75) is 26.4 Å². The summed E-state index contributed by atoms with van der Waals surface area (Å²) in [5, 5.41) is 9.01. The number of carboxylic acid groups (broad SMARTS) is 1. The van der Waals surface area contributed by atoms with E-state index in [9.17, 15) is 4.79 Å². The van der Waals surface area contributed by atoms with Crippen LogP contribution in [0.1, 0.15) is 29.5 Å². The van der Waals surface area contributed by atoms with Gasteiger partial charge in [-0.2, -0.15) is 0 Å². The Labute approximate surface area is 100 Å². The fraction of sp³-hybridized carbons (Fsp3) is 0.500. The Bertz CT molecular complexity index is 392. The lowest BCUT2D eigenvalue weighted by molar-refractivity contribution is 0.0680. The van der Waals surface area contributed by atoms with Crippen LogP contribution in [0.5, 0.6) is 5.75 Å². The molecule has 0 aromatic carbocycles. The first-order valence-corrected chi connectivity index (χ1v) is 5.41. The highest BCUT2D eigenvalue weighted by Gasteiger charge is 2.15. The molecule has 0 aliphatic heterocycles. The Morgan fingerprint density at radius 2 is 2.24 bits per heavy atom. The molecule has 1 atom stereocenters. The predicted molar refractivity (Wildman–Crippen MR) is 62.5 cm³/mol. The third-order valence-corrected chi connectivity index (χ3v) is 2.26. The summed E-state index contributed by atoms with van der Waals surface area (Å²) < 4.78 is 10.5. The average molecular weight is 239 g/mol. The number of aromatic carboxylic acids is 1. The highest BCUT2D eigenvalue weighted by Crippen LogP contribution is 2.19. The molecule has 0 saturated heterocycles. The van der Waals surface area contributed by atoms with Gasteiger partial charge in [0, 0.05) is 25.8 Å². The van der Waals surface area contributed by atoms with Gasteiger partial charge in [-0.1, -0.05) is 0 Å². The second-order valence-electron chi connectivity index (χ2n) is 3.81. The summed E-state index contributed by atoms with van der Waals surface area (Å²) in [7, 11) is 1.61. The summed E-state index contributed by atoms with van der Waals surface area (Å²) in [6.07, 6.45) is 0.584. The minimum absolute atomic E-state index is 0.0470. The zero-order valence-electron chi connectivity index (χ0n) is 10.3. The van der Waals surface area contributed by atoms with Gasteiger partial charge in [0.1, 0.15) is 0 Å². The van der Waals surface area contributed by atoms with Crippen LogP contribution >= 0.6 is 0 Å². The van der Waals surface area contributed by atoms with Crippen LogP contribution in [-0.4, -0.2) is 35.9 Å². The Balaban J connectivity index is 2.79. The van der Waals surface area contributed by atoms with Crippen LogP contribution in [-0.2, 0) is 4.74 Å². The van der Waals surface area contributed by atoms with Gasteiger partial charge in [0.05, 0.1) is 6.10 Å². The van der Waals surface area contributed by atoms with Crippen molar-refractivity contribution in [3.63, 3.8) is 0 Å². The highest BCUT2D eigenvalue weighted by molar-refractivity contribution is 5.88. The van der Waals surface area contributed by atoms with Crippen molar-refractivity contribution in [3.05, 3.63) is 23.5 Å². The standard InChI is InChI=1S/C12H17NO4/c1-8-4-5-10(11(13-8)12(14)15)17-9(2)6-7-16-3/h4-5,9H,6-7H2,1-3H3,(H,14,15). The first-order valence-electron chi connectivity index (χ1n) is 5.41. The van der Waals surface area contributed by atoms with Gasteiger partial charge in [0.25, 0.3) is 0 Å². The number of rotatable bonds is 6. The molecule has 0 aliphatic carbocycles. The number of aryl methyl sites for hydroxylation is 1. The molecule has 1 N–H and O–H groups in total. The topological polar surface area (TPSA) is 68.7 Å². The molecule has 1 aromatic rings. The second-order valence-corrected chi connectivity index (χ2v) is 3.81. The third kappa shape index (κ3) is 4.03. The Morgan fingerprint density at radius 3 is 2.82 bits per heavy atom. The van der Waals surface area contributed by atoms with Crippen LogP contribution in [0, 0.1) is 6.92 Å². The smallest absolute Gasteiger partial charge is 0.358 e. The number of hydrogen-bond acceptors (Lipinski definition) is 4. The molecule has 0 aliphatic rings. The van der Waals surface area contributed by atoms with Crippen LogP contribution in [0.3, 0.4) is 0 Å². The van der Waals surface area contributed by atoms with Gasteiger partial charge >= 0.3 is 5.97 Å². The van der Waals surface area contributed by atoms with Crippen molar-refractivity contribution in [2.24, 2.45) is 0 Å². The SMILES string of the molecule is COCCC(C)Oc1ccc(C)nc1C(=O)O. The van der Waals surface area contributed by atoms with Crippen LogP contribution in [0.15, 0.2) is 12.1 Å². The summed E-state index contributed by atoms with van der Waals surface area (Å²) in [5.74, 6) is -0.783. The summed E-state index contributed by atoms with van der Waals surface area (Å²) in [5.41, 5.74) is 0.605. The first kappa shape index (κ1) is 13.4. The summed E-state index contributed by atoms with van der Waals surface area (Å²) in [4.78, 5) is 15.0. The number of hydrogen-bond donors (Lipinski definition) is 1. The fourth-order valence-corrected chi connectivity index (χ4v) is 1.35. The third-order valence-electron chi connectivity index (χ3n) is 2.26. The minimum atomic E-state index is -1.08. The summed E-state index contributed by atoms with van der Waals surface area (Å²) in [6, 6.07) is 3.36. The lowest BCUT2D eigenvalue weighted by Crippen LogP contribution is -2.17. The van der Waals surface area contributed by atoms with Gasteiger partial charge in [0.2, 0.25) is 0 Å². The number of methoxy groups -OCH3 is 1. The van der Waals surface area contributed by atoms with Crippen LogP contribution < -0.4 is 4.74 Å². The lowest BCUT2D eigenvalue weighted by Gasteiger charge is -2.15. The van der Waals surface area contributed by atoms with Crippen molar-refractivity contribution in [3.8, 4) is 5.75 Å². The van der Waals surface area contributed by atoms with E-state index >= 15 is 0 Å². The molecule has 1 heterocycles. The van der Waals surface area contributed by atoms with Crippen LogP contribution in [0.2, 0.25) is 0 Å². The molecule has 1 rings (SSSR count). The highest BCUT2D eigenvalue weighted by atomic mass is 16.5. The molecule has 0 fully saturated rings. The van der Waals surface area contributed by atoms with E-state index in [4.69, 9.17) is 14.6 Å². The van der Waals surface area contributed by atoms with Crippen LogP contribution in [0.4, 0.5) is 0 Å². The van der Waals surface area contributed by atoms with E-state index in [0.29, 0.717) is 24.5 Å². The molecule has 94 valence electrons. The van der Waals surface area contributed by atoms with E-state index in [1.807, 2.05) is 6.92 Å². The van der Waals surface area contributed by atoms with Gasteiger partial charge in [-0.3, -0.25) is 0 Å². The monoisotopic (exact) mass is 239 g/mol. The molecular formula is C12H17NO4. The van der Waals surface area contributed by atoms with Crippen molar-refractivity contribution in [1.29, 1.82) is 0 Å². The molecule has 0 bridgehead atoms. The van der Waals surface area contributed by atoms with Crippen molar-refractivity contribution >= 4 is 5.97 Å². The van der Waals surface area contributed by atoms with E-state index in [0.717, 1.165) is 0 Å². The molecule has 0 amide bonds. The van der Waals surface area contributed by atoms with Crippen LogP contribution in [0.25, 0.3) is 0 Å². The number of carboxylic acids is 1. The van der Waals surface area contributed by atoms with Gasteiger partial charge in [-0.25, -0.2) is 9.78 Å². The predicted octanol–water partition coefficient (Wildman–Crippen LogP) is 1.89. The average Bonchev–Trinajstić information content (AvgIpc) is 2.28. The maximum atomic E-state index is 11.0. The number of carbonyl (C=O) groups is 1. The Kier molecular flexibility index (Phi) is 4.90. The van der Waals surface area contributed by atoms with E-state index in [1.54, 1.807) is 26.2 Å². The summed E-state index contributed by atoms with van der Waals surface area (Å²) in [6.45, 7) is 4.18. The van der Waals surface area contributed by atoms with Gasteiger partial charge in [-0.05, 0) is 26.0 Å². The molecule has 17 heavy (non-hydrogen) atoms. The molecule has 1 aromatic heterocycles. The summed E-state index contributed by atoms with van der Waals surface area (Å²) >= 11 is 0. The van der Waals surface area contributed by atoms with Gasteiger partial charge in [-0.15, -0.1) is 0 Å². The lowest BCUT2D eigenvalue weighted by atomic mass is 10.2. The molecule has 5 heteroatoms. The number of pyridine rings is 1. The molecular weight excluding hydrogens is 222 g/mol. The maximum Gasteiger partial charge on any atom is 0.358 e. The Morgan fingerprint density at radius 1 is 1.53 bits per heavy atom. The van der Waals surface area contributed by atoms with E-state index in [1.165, 1.54) is 0 Å². The van der Waals surface area contributed by atoms with E-state index < -0.39 is 5.97 Å². The van der Waals surface area contributed by atoms with Crippen molar-refractivity contribution < 1.29 is 19.4 Å². The van der Waals surface area contributed by atoms with Crippen molar-refractivity contribution in [2.75, 3.05) is 13.7 Å². The van der Waals surface area contributed by atoms with Crippen molar-refractivity contribution in [1.82, 2.24) is 4.98 Å². The maximum absolute atomic E-state index is 11.0. The number of nitrogens with zero attached hydrogens (tertiary/aromatic N) is 1. The Hall–Kier alpha value is -1.62. The zero-order valence-corrected chi connectivity index (χ0v) is 10.3. The second kappa shape index (κ2) is 6.20. The first-order chi connectivity index (χ1) is 8.04. The molecule has 5 nitrogen and oxygen atoms in total. The molecule has 0 radical (unpaired) electrons. The zero-order chi connectivity index (χ0) is 12.8. The largest absolute Gasteiger partial charge is 0.488 e. The van der Waals surface area contributed by atoms with E-state index in [2.05, 4.69) is 4.98 Å². The normalized spacial score (nSPS) is 12.2. The molecule has 0 spiro atoms. The number of ether oxygens (including phenoxy) is 2. The van der Waals surface area contributed by atoms with E-state index in [-0.39, 0.29) is 11.8 Å². The number of aromatic nitrogens is 1. The molecule has 0 saturated carbocycles. The fourth-order valence-electron chi connectivity index (χ4n) is 1.35. The van der Waals surface area contributed by atoms with Gasteiger partial charge < -0.3 is 14.6 Å². The van der Waals surface area contributed by atoms with Gasteiger partial charge in [0.15, 0.2) is 11.4 Å². The minimum Gasteiger partial charge on any atom is -0.488 e.